The molecule has 0 spiro atoms. The maximum absolute atomic E-state index is 12.4. The number of carbonyl (C=O) groups excluding carboxylic acids is 1. The summed E-state index contributed by atoms with van der Waals surface area (Å²) in [4.78, 5) is 16.2. The van der Waals surface area contributed by atoms with Gasteiger partial charge in [0, 0.05) is 36.3 Å². The van der Waals surface area contributed by atoms with E-state index in [0.29, 0.717) is 6.54 Å². The van der Waals surface area contributed by atoms with Crippen molar-refractivity contribution in [2.75, 3.05) is 36.4 Å². The highest BCUT2D eigenvalue weighted by Gasteiger charge is 2.20. The number of hydrogen-bond acceptors (Lipinski definition) is 2. The number of para-hydroxylation sites is 1. The van der Waals surface area contributed by atoms with Crippen LogP contribution in [0.1, 0.15) is 24.0 Å². The molecule has 2 aromatic rings. The molecule has 2 aromatic carbocycles. The Bertz CT molecular complexity index is 735. The van der Waals surface area contributed by atoms with Crippen molar-refractivity contribution in [3.63, 3.8) is 0 Å². The number of amides is 1. The number of anilines is 2. The van der Waals surface area contributed by atoms with Crippen molar-refractivity contribution in [3.8, 4) is 0 Å². The Balaban J connectivity index is 1.32. The zero-order valence-electron chi connectivity index (χ0n) is 14.6. The second-order valence-electron chi connectivity index (χ2n) is 7.18. The van der Waals surface area contributed by atoms with E-state index >= 15 is 0 Å². The van der Waals surface area contributed by atoms with Crippen LogP contribution in [0.15, 0.2) is 48.5 Å². The topological polar surface area (TPSA) is 36.8 Å². The van der Waals surface area contributed by atoms with Gasteiger partial charge in [-0.1, -0.05) is 30.3 Å². The average Bonchev–Trinajstić information content (AvgIpc) is 3.27. The van der Waals surface area contributed by atoms with Gasteiger partial charge in [0.1, 0.15) is 6.54 Å². The summed E-state index contributed by atoms with van der Waals surface area (Å²) < 4.78 is 0. The van der Waals surface area contributed by atoms with E-state index in [1.807, 2.05) is 18.2 Å². The largest absolute Gasteiger partial charge is 0.362 e. The van der Waals surface area contributed by atoms with Crippen LogP contribution in [0.2, 0.25) is 0 Å². The number of likely N-dealkylation sites (tertiary alicyclic amines) is 1. The van der Waals surface area contributed by atoms with Gasteiger partial charge >= 0.3 is 0 Å². The molecule has 1 amide bonds. The molecule has 0 aliphatic carbocycles. The number of carbonyl (C=O) groups is 1. The lowest BCUT2D eigenvalue weighted by Gasteiger charge is -2.19. The maximum atomic E-state index is 12.4. The summed E-state index contributed by atoms with van der Waals surface area (Å²) in [6, 6.07) is 16.7. The van der Waals surface area contributed by atoms with Crippen molar-refractivity contribution < 1.29 is 9.69 Å². The zero-order valence-corrected chi connectivity index (χ0v) is 14.6. The van der Waals surface area contributed by atoms with Gasteiger partial charge < -0.3 is 15.1 Å². The van der Waals surface area contributed by atoms with Crippen LogP contribution in [0.4, 0.5) is 11.4 Å². The molecule has 130 valence electrons. The SMILES string of the molecule is O=C(CN1CCc2ccccc21)Nc1ccc(C[NH+]2CCCC2)cc1. The second kappa shape index (κ2) is 7.28. The standard InChI is InChI=1S/C21H25N3O/c25-21(16-24-14-11-18-5-1-2-6-20(18)24)22-19-9-7-17(8-10-19)15-23-12-3-4-13-23/h1-2,5-10H,3-4,11-16H2,(H,22,25)/p+1. The van der Waals surface area contributed by atoms with Crippen molar-refractivity contribution in [1.29, 1.82) is 0 Å². The Morgan fingerprint density at radius 2 is 1.80 bits per heavy atom. The Kier molecular flexibility index (Phi) is 4.70. The molecular weight excluding hydrogens is 310 g/mol. The molecule has 4 nitrogen and oxygen atoms in total. The Morgan fingerprint density at radius 3 is 2.60 bits per heavy atom. The van der Waals surface area contributed by atoms with E-state index < -0.39 is 0 Å². The second-order valence-corrected chi connectivity index (χ2v) is 7.18. The first kappa shape index (κ1) is 16.2. The minimum atomic E-state index is 0.0506. The number of quaternary nitrogens is 1. The molecule has 4 heteroatoms. The summed E-state index contributed by atoms with van der Waals surface area (Å²) in [5.74, 6) is 0.0506. The van der Waals surface area contributed by atoms with E-state index in [1.165, 1.54) is 42.7 Å². The van der Waals surface area contributed by atoms with Crippen LogP contribution in [-0.4, -0.2) is 32.1 Å². The average molecular weight is 336 g/mol. The summed E-state index contributed by atoms with van der Waals surface area (Å²) >= 11 is 0. The number of fused-ring (bicyclic) bond motifs is 1. The highest BCUT2D eigenvalue weighted by molar-refractivity contribution is 5.94. The molecule has 2 aliphatic rings. The quantitative estimate of drug-likeness (QED) is 0.875. The van der Waals surface area contributed by atoms with Gasteiger partial charge in [-0.05, 0) is 30.2 Å². The minimum Gasteiger partial charge on any atom is -0.362 e. The van der Waals surface area contributed by atoms with Gasteiger partial charge in [0.2, 0.25) is 5.91 Å². The smallest absolute Gasteiger partial charge is 0.243 e. The van der Waals surface area contributed by atoms with E-state index in [9.17, 15) is 4.79 Å². The van der Waals surface area contributed by atoms with Crippen LogP contribution in [0.25, 0.3) is 0 Å². The minimum absolute atomic E-state index is 0.0506. The third-order valence-electron chi connectivity index (χ3n) is 5.32. The van der Waals surface area contributed by atoms with Crippen LogP contribution in [0.5, 0.6) is 0 Å². The van der Waals surface area contributed by atoms with Gasteiger partial charge in [0.05, 0.1) is 19.6 Å². The Labute approximate surface area is 149 Å². The molecule has 0 aromatic heterocycles. The maximum Gasteiger partial charge on any atom is 0.243 e. The van der Waals surface area contributed by atoms with Gasteiger partial charge in [0.25, 0.3) is 0 Å². The molecule has 2 heterocycles. The lowest BCUT2D eigenvalue weighted by molar-refractivity contribution is -0.901. The first-order chi connectivity index (χ1) is 12.3. The lowest BCUT2D eigenvalue weighted by Crippen LogP contribution is -3.08. The molecule has 0 bridgehead atoms. The monoisotopic (exact) mass is 336 g/mol. The van der Waals surface area contributed by atoms with Gasteiger partial charge in [-0.15, -0.1) is 0 Å². The summed E-state index contributed by atoms with van der Waals surface area (Å²) in [5, 5.41) is 3.03. The zero-order chi connectivity index (χ0) is 17.1. The van der Waals surface area contributed by atoms with E-state index in [2.05, 4.69) is 40.5 Å². The van der Waals surface area contributed by atoms with Gasteiger partial charge in [0.15, 0.2) is 0 Å². The van der Waals surface area contributed by atoms with Gasteiger partial charge in [-0.25, -0.2) is 0 Å². The fourth-order valence-electron chi connectivity index (χ4n) is 3.99. The number of hydrogen-bond donors (Lipinski definition) is 2. The van der Waals surface area contributed by atoms with Crippen molar-refractivity contribution in [1.82, 2.24) is 0 Å². The summed E-state index contributed by atoms with van der Waals surface area (Å²) in [6.45, 7) is 5.01. The highest BCUT2D eigenvalue weighted by Crippen LogP contribution is 2.27. The molecule has 2 N–H and O–H groups in total. The highest BCUT2D eigenvalue weighted by atomic mass is 16.2. The van der Waals surface area contributed by atoms with Gasteiger partial charge in [-0.3, -0.25) is 4.79 Å². The predicted octanol–water partition coefficient (Wildman–Crippen LogP) is 1.87. The van der Waals surface area contributed by atoms with Crippen LogP contribution < -0.4 is 15.1 Å². The molecule has 2 aliphatic heterocycles. The molecule has 0 unspecified atom stereocenters. The van der Waals surface area contributed by atoms with E-state index in [4.69, 9.17) is 0 Å². The van der Waals surface area contributed by atoms with E-state index in [1.54, 1.807) is 4.90 Å². The van der Waals surface area contributed by atoms with Crippen LogP contribution in [0, 0.1) is 0 Å². The fourth-order valence-corrected chi connectivity index (χ4v) is 3.99. The number of nitrogens with one attached hydrogen (secondary N) is 2. The molecule has 0 atom stereocenters. The third-order valence-corrected chi connectivity index (χ3v) is 5.32. The normalized spacial score (nSPS) is 16.9. The summed E-state index contributed by atoms with van der Waals surface area (Å²) in [6.07, 6.45) is 3.73. The number of nitrogens with zero attached hydrogens (tertiary/aromatic N) is 1. The van der Waals surface area contributed by atoms with Gasteiger partial charge in [-0.2, -0.15) is 0 Å². The first-order valence-electron chi connectivity index (χ1n) is 9.33. The fraction of sp³-hybridized carbons (Fsp3) is 0.381. The van der Waals surface area contributed by atoms with Crippen LogP contribution >= 0.6 is 0 Å². The third kappa shape index (κ3) is 3.85. The van der Waals surface area contributed by atoms with E-state index in [0.717, 1.165) is 25.2 Å². The van der Waals surface area contributed by atoms with Crippen molar-refractivity contribution in [2.24, 2.45) is 0 Å². The van der Waals surface area contributed by atoms with E-state index in [-0.39, 0.29) is 5.91 Å². The molecule has 0 radical (unpaired) electrons. The molecule has 4 rings (SSSR count). The van der Waals surface area contributed by atoms with Crippen molar-refractivity contribution in [3.05, 3.63) is 59.7 Å². The number of rotatable bonds is 5. The molecular formula is C21H26N3O+. The van der Waals surface area contributed by atoms with Crippen molar-refractivity contribution >= 4 is 17.3 Å². The summed E-state index contributed by atoms with van der Waals surface area (Å²) in [5.41, 5.74) is 4.77. The van der Waals surface area contributed by atoms with Crippen molar-refractivity contribution in [2.45, 2.75) is 25.8 Å². The predicted molar refractivity (Wildman–Crippen MR) is 101 cm³/mol. The number of benzene rings is 2. The molecule has 0 saturated carbocycles. The first-order valence-corrected chi connectivity index (χ1v) is 9.33. The summed E-state index contributed by atoms with van der Waals surface area (Å²) in [7, 11) is 0. The Hall–Kier alpha value is -2.33. The molecule has 1 fully saturated rings. The van der Waals surface area contributed by atoms with Crippen LogP contribution in [0.3, 0.4) is 0 Å². The van der Waals surface area contributed by atoms with Crippen LogP contribution in [-0.2, 0) is 17.8 Å². The molecule has 1 saturated heterocycles. The molecule has 25 heavy (non-hydrogen) atoms. The lowest BCUT2D eigenvalue weighted by atomic mass is 10.2. The Morgan fingerprint density at radius 1 is 1.04 bits per heavy atom.